The third kappa shape index (κ3) is 6.53. The first-order valence-electron chi connectivity index (χ1n) is 10.1. The Morgan fingerprint density at radius 1 is 1.06 bits per heavy atom. The highest BCUT2D eigenvalue weighted by atomic mass is 35.5. The van der Waals surface area contributed by atoms with Gasteiger partial charge in [0.25, 0.3) is 5.91 Å². The van der Waals surface area contributed by atoms with Gasteiger partial charge in [0.05, 0.1) is 28.0 Å². The number of hydrogen-bond donors (Lipinski definition) is 2. The summed E-state index contributed by atoms with van der Waals surface area (Å²) in [6.45, 7) is 0.155. The van der Waals surface area contributed by atoms with Gasteiger partial charge in [-0.1, -0.05) is 58.7 Å². The number of carbonyl (C=O) groups is 2. The van der Waals surface area contributed by atoms with Gasteiger partial charge in [-0.05, 0) is 30.3 Å². The SMILES string of the molecule is Cn1c(CNC(=O)c2ccc(Cl)c(Cl)c2)nnc1SCC(=O)Nc1nc(-c2ccc(Cl)cc2)cs1. The molecule has 2 aromatic heterocycles. The molecule has 2 heterocycles. The predicted molar refractivity (Wildman–Crippen MR) is 141 cm³/mol. The molecule has 0 spiro atoms. The molecule has 13 heteroatoms. The monoisotopic (exact) mass is 566 g/mol. The topological polar surface area (TPSA) is 102 Å². The van der Waals surface area contributed by atoms with E-state index in [2.05, 4.69) is 25.8 Å². The highest BCUT2D eigenvalue weighted by Crippen LogP contribution is 2.26. The maximum atomic E-state index is 12.4. The third-order valence-electron chi connectivity index (χ3n) is 4.74. The van der Waals surface area contributed by atoms with Crippen LogP contribution < -0.4 is 10.6 Å². The lowest BCUT2D eigenvalue weighted by molar-refractivity contribution is -0.113. The van der Waals surface area contributed by atoms with Crippen LogP contribution in [0.15, 0.2) is 53.0 Å². The number of thioether (sulfide) groups is 1. The van der Waals surface area contributed by atoms with Crippen LogP contribution in [0.1, 0.15) is 16.2 Å². The number of aromatic nitrogens is 4. The highest BCUT2D eigenvalue weighted by molar-refractivity contribution is 7.99. The lowest BCUT2D eigenvalue weighted by atomic mass is 10.2. The quantitative estimate of drug-likeness (QED) is 0.270. The summed E-state index contributed by atoms with van der Waals surface area (Å²) in [6, 6.07) is 12.0. The summed E-state index contributed by atoms with van der Waals surface area (Å²) >= 11 is 20.3. The fraction of sp³-hybridized carbons (Fsp3) is 0.136. The van der Waals surface area contributed by atoms with Crippen LogP contribution in [0.3, 0.4) is 0 Å². The largest absolute Gasteiger partial charge is 0.345 e. The van der Waals surface area contributed by atoms with Crippen LogP contribution in [0.5, 0.6) is 0 Å². The van der Waals surface area contributed by atoms with Crippen LogP contribution in [0, 0.1) is 0 Å². The van der Waals surface area contributed by atoms with E-state index in [4.69, 9.17) is 34.8 Å². The van der Waals surface area contributed by atoms with Crippen LogP contribution >= 0.6 is 57.9 Å². The fourth-order valence-corrected chi connectivity index (χ4v) is 4.78. The van der Waals surface area contributed by atoms with Gasteiger partial charge in [-0.2, -0.15) is 0 Å². The van der Waals surface area contributed by atoms with Crippen molar-refractivity contribution in [1.29, 1.82) is 0 Å². The average molecular weight is 568 g/mol. The van der Waals surface area contributed by atoms with Crippen molar-refractivity contribution >= 4 is 74.8 Å². The van der Waals surface area contributed by atoms with Crippen molar-refractivity contribution < 1.29 is 9.59 Å². The number of anilines is 1. The molecule has 0 saturated carbocycles. The average Bonchev–Trinajstić information content (AvgIpc) is 3.44. The van der Waals surface area contributed by atoms with Crippen LogP contribution in [0.25, 0.3) is 11.3 Å². The van der Waals surface area contributed by atoms with E-state index in [-0.39, 0.29) is 24.1 Å². The number of hydrogen-bond acceptors (Lipinski definition) is 7. The normalized spacial score (nSPS) is 10.9. The summed E-state index contributed by atoms with van der Waals surface area (Å²) in [6.07, 6.45) is 0. The molecular formula is C22H17Cl3N6O2S2. The van der Waals surface area contributed by atoms with Crippen molar-refractivity contribution in [3.05, 3.63) is 74.3 Å². The molecule has 35 heavy (non-hydrogen) atoms. The van der Waals surface area contributed by atoms with Gasteiger partial charge in [-0.25, -0.2) is 4.98 Å². The smallest absolute Gasteiger partial charge is 0.251 e. The number of rotatable bonds is 8. The molecule has 0 aliphatic carbocycles. The number of carbonyl (C=O) groups excluding carboxylic acids is 2. The van der Waals surface area contributed by atoms with Gasteiger partial charge in [-0.15, -0.1) is 21.5 Å². The zero-order chi connectivity index (χ0) is 24.9. The molecule has 8 nitrogen and oxygen atoms in total. The Hall–Kier alpha value is -2.63. The number of halogens is 3. The summed E-state index contributed by atoms with van der Waals surface area (Å²) in [4.78, 5) is 29.2. The second kappa shape index (κ2) is 11.4. The Bertz CT molecular complexity index is 1370. The van der Waals surface area contributed by atoms with Crippen molar-refractivity contribution in [2.75, 3.05) is 11.1 Å². The van der Waals surface area contributed by atoms with Gasteiger partial charge in [0.1, 0.15) is 0 Å². The molecule has 0 bridgehead atoms. The molecule has 0 atom stereocenters. The predicted octanol–water partition coefficient (Wildman–Crippen LogP) is 5.56. The first kappa shape index (κ1) is 25.5. The van der Waals surface area contributed by atoms with Gasteiger partial charge < -0.3 is 15.2 Å². The van der Waals surface area contributed by atoms with Gasteiger partial charge in [0.15, 0.2) is 16.1 Å². The van der Waals surface area contributed by atoms with Crippen LogP contribution in [0.4, 0.5) is 5.13 Å². The lowest BCUT2D eigenvalue weighted by Gasteiger charge is -2.07. The number of amides is 2. The zero-order valence-electron chi connectivity index (χ0n) is 18.1. The van der Waals surface area contributed by atoms with E-state index in [1.54, 1.807) is 35.9 Å². The Morgan fingerprint density at radius 2 is 1.83 bits per heavy atom. The van der Waals surface area contributed by atoms with Gasteiger partial charge in [-0.3, -0.25) is 9.59 Å². The van der Waals surface area contributed by atoms with Gasteiger partial charge in [0.2, 0.25) is 5.91 Å². The molecule has 4 rings (SSSR count). The van der Waals surface area contributed by atoms with E-state index in [9.17, 15) is 9.59 Å². The summed E-state index contributed by atoms with van der Waals surface area (Å²) in [7, 11) is 1.76. The molecule has 0 unspecified atom stereocenters. The first-order chi connectivity index (χ1) is 16.8. The van der Waals surface area contributed by atoms with Crippen LogP contribution in [-0.4, -0.2) is 37.3 Å². The van der Waals surface area contributed by atoms with Crippen LogP contribution in [-0.2, 0) is 18.4 Å². The molecule has 0 saturated heterocycles. The maximum absolute atomic E-state index is 12.4. The van der Waals surface area contributed by atoms with Crippen molar-refractivity contribution in [2.45, 2.75) is 11.7 Å². The molecule has 0 aliphatic heterocycles. The second-order valence-electron chi connectivity index (χ2n) is 7.15. The minimum Gasteiger partial charge on any atom is -0.345 e. The van der Waals surface area contributed by atoms with E-state index < -0.39 is 0 Å². The van der Waals surface area contributed by atoms with Gasteiger partial charge >= 0.3 is 0 Å². The van der Waals surface area contributed by atoms with Crippen molar-refractivity contribution in [3.8, 4) is 11.3 Å². The van der Waals surface area contributed by atoms with Crippen LogP contribution in [0.2, 0.25) is 15.1 Å². The highest BCUT2D eigenvalue weighted by Gasteiger charge is 2.15. The first-order valence-corrected chi connectivity index (χ1v) is 13.1. The molecule has 0 fully saturated rings. The molecule has 2 N–H and O–H groups in total. The Kier molecular flexibility index (Phi) is 8.30. The second-order valence-corrected chi connectivity index (χ2v) is 10.2. The third-order valence-corrected chi connectivity index (χ3v) is 7.51. The zero-order valence-corrected chi connectivity index (χ0v) is 22.0. The summed E-state index contributed by atoms with van der Waals surface area (Å²) < 4.78 is 1.72. The number of nitrogens with zero attached hydrogens (tertiary/aromatic N) is 4. The number of thiazole rings is 1. The maximum Gasteiger partial charge on any atom is 0.251 e. The standard InChI is InChI=1S/C22H17Cl3N6O2S2/c1-31-18(9-26-20(33)13-4-7-15(24)16(25)8-13)29-30-22(31)35-11-19(32)28-21-27-17(10-34-21)12-2-5-14(23)6-3-12/h2-8,10H,9,11H2,1H3,(H,26,33)(H,27,28,32). The summed E-state index contributed by atoms with van der Waals surface area (Å²) in [5.41, 5.74) is 2.06. The molecule has 2 aromatic carbocycles. The summed E-state index contributed by atoms with van der Waals surface area (Å²) in [5, 5.41) is 18.0. The molecule has 0 aliphatic rings. The molecule has 2 amide bonds. The number of benzene rings is 2. The molecule has 4 aromatic rings. The van der Waals surface area contributed by atoms with E-state index in [1.807, 2.05) is 17.5 Å². The number of nitrogens with one attached hydrogen (secondary N) is 2. The summed E-state index contributed by atoms with van der Waals surface area (Å²) in [5.74, 6) is 0.122. The van der Waals surface area contributed by atoms with E-state index >= 15 is 0 Å². The van der Waals surface area contributed by atoms with E-state index in [0.717, 1.165) is 11.3 Å². The van der Waals surface area contributed by atoms with Crippen molar-refractivity contribution in [1.82, 2.24) is 25.1 Å². The van der Waals surface area contributed by atoms with Crippen molar-refractivity contribution in [3.63, 3.8) is 0 Å². The minimum absolute atomic E-state index is 0.122. The Morgan fingerprint density at radius 3 is 2.57 bits per heavy atom. The Labute approximate surface area is 224 Å². The van der Waals surface area contributed by atoms with E-state index in [0.29, 0.717) is 36.7 Å². The van der Waals surface area contributed by atoms with Crippen molar-refractivity contribution in [2.24, 2.45) is 7.05 Å². The minimum atomic E-state index is -0.318. The van der Waals surface area contributed by atoms with Gasteiger partial charge in [0, 0.05) is 28.6 Å². The lowest BCUT2D eigenvalue weighted by Crippen LogP contribution is -2.24. The van der Waals surface area contributed by atoms with E-state index in [1.165, 1.54) is 29.2 Å². The fourth-order valence-electron chi connectivity index (χ4n) is 2.89. The Balaban J connectivity index is 1.28. The molecule has 180 valence electrons. The molecular weight excluding hydrogens is 551 g/mol. The molecule has 0 radical (unpaired) electrons.